The lowest BCUT2D eigenvalue weighted by Crippen LogP contribution is -2.42. The second kappa shape index (κ2) is 7.49. The summed E-state index contributed by atoms with van der Waals surface area (Å²) in [6.45, 7) is 1.67. The van der Waals surface area contributed by atoms with Crippen molar-refractivity contribution in [2.24, 2.45) is 0 Å². The van der Waals surface area contributed by atoms with Crippen molar-refractivity contribution in [1.29, 1.82) is 0 Å². The van der Waals surface area contributed by atoms with Crippen molar-refractivity contribution in [1.82, 2.24) is 0 Å². The maximum Gasteiger partial charge on any atom is 0.316 e. The van der Waals surface area contributed by atoms with Crippen LogP contribution in [0, 0.1) is 0 Å². The summed E-state index contributed by atoms with van der Waals surface area (Å²) in [4.78, 5) is 12.4. The first-order chi connectivity index (χ1) is 11.7. The summed E-state index contributed by atoms with van der Waals surface area (Å²) in [6, 6.07) is 17.8. The van der Waals surface area contributed by atoms with Crippen LogP contribution in [0.1, 0.15) is 24.0 Å². The Hall–Kier alpha value is -2.33. The van der Waals surface area contributed by atoms with Crippen molar-refractivity contribution >= 4 is 5.97 Å². The summed E-state index contributed by atoms with van der Waals surface area (Å²) in [5.74, 6) is 0.596. The van der Waals surface area contributed by atoms with Gasteiger partial charge in [-0.15, -0.1) is 0 Å². The van der Waals surface area contributed by atoms with Crippen LogP contribution in [-0.2, 0) is 26.3 Å². The Morgan fingerprint density at radius 3 is 2.33 bits per heavy atom. The summed E-state index contributed by atoms with van der Waals surface area (Å²) < 4.78 is 16.3. The van der Waals surface area contributed by atoms with Crippen molar-refractivity contribution in [3.8, 4) is 5.75 Å². The molecule has 0 bridgehead atoms. The summed E-state index contributed by atoms with van der Waals surface area (Å²) in [5, 5.41) is 0. The fraction of sp³-hybridized carbons (Fsp3) is 0.350. The second-order valence-electron chi connectivity index (χ2n) is 5.98. The maximum absolute atomic E-state index is 12.4. The fourth-order valence-electron chi connectivity index (χ4n) is 3.14. The smallest absolute Gasteiger partial charge is 0.316 e. The van der Waals surface area contributed by atoms with Gasteiger partial charge in [0.2, 0.25) is 0 Å². The predicted molar refractivity (Wildman–Crippen MR) is 91.0 cm³/mol. The standard InChI is InChI=1S/C20H22O4/c1-22-19(21)20(11-13-23-14-12-20)17-7-9-18(10-8-17)24-15-16-5-3-2-4-6-16/h2-10H,11-15H2,1H3. The molecule has 0 radical (unpaired) electrons. The van der Waals surface area contributed by atoms with Crippen LogP contribution in [0.4, 0.5) is 0 Å². The monoisotopic (exact) mass is 326 g/mol. The van der Waals surface area contributed by atoms with E-state index < -0.39 is 5.41 Å². The zero-order valence-electron chi connectivity index (χ0n) is 13.9. The first-order valence-electron chi connectivity index (χ1n) is 8.18. The maximum atomic E-state index is 12.4. The van der Waals surface area contributed by atoms with Gasteiger partial charge >= 0.3 is 5.97 Å². The highest BCUT2D eigenvalue weighted by Crippen LogP contribution is 2.36. The summed E-state index contributed by atoms with van der Waals surface area (Å²) >= 11 is 0. The van der Waals surface area contributed by atoms with Gasteiger partial charge in [-0.3, -0.25) is 4.79 Å². The quantitative estimate of drug-likeness (QED) is 0.789. The molecule has 1 heterocycles. The molecule has 0 N–H and O–H groups in total. The van der Waals surface area contributed by atoms with Crippen molar-refractivity contribution in [2.45, 2.75) is 24.9 Å². The van der Waals surface area contributed by atoms with E-state index in [0.717, 1.165) is 16.9 Å². The third-order valence-electron chi connectivity index (χ3n) is 4.58. The first-order valence-corrected chi connectivity index (χ1v) is 8.18. The van der Waals surface area contributed by atoms with E-state index in [1.807, 2.05) is 54.6 Å². The van der Waals surface area contributed by atoms with E-state index in [9.17, 15) is 4.79 Å². The molecule has 0 amide bonds. The molecule has 3 rings (SSSR count). The van der Waals surface area contributed by atoms with Gasteiger partial charge in [0.25, 0.3) is 0 Å². The van der Waals surface area contributed by atoms with Crippen LogP contribution in [0.15, 0.2) is 54.6 Å². The molecule has 0 spiro atoms. The first kappa shape index (κ1) is 16.5. The molecule has 0 unspecified atom stereocenters. The Kier molecular flexibility index (Phi) is 5.16. The number of benzene rings is 2. The number of esters is 1. The fourth-order valence-corrected chi connectivity index (χ4v) is 3.14. The lowest BCUT2D eigenvalue weighted by Gasteiger charge is -2.34. The Morgan fingerprint density at radius 2 is 1.71 bits per heavy atom. The second-order valence-corrected chi connectivity index (χ2v) is 5.98. The Labute approximate surface area is 142 Å². The molecule has 4 heteroatoms. The van der Waals surface area contributed by atoms with E-state index in [4.69, 9.17) is 14.2 Å². The highest BCUT2D eigenvalue weighted by atomic mass is 16.5. The van der Waals surface area contributed by atoms with Gasteiger partial charge in [-0.25, -0.2) is 0 Å². The van der Waals surface area contributed by atoms with Crippen molar-refractivity contribution in [3.63, 3.8) is 0 Å². The lowest BCUT2D eigenvalue weighted by molar-refractivity contribution is -0.151. The van der Waals surface area contributed by atoms with E-state index in [2.05, 4.69) is 0 Å². The van der Waals surface area contributed by atoms with Gasteiger partial charge in [0, 0.05) is 13.2 Å². The highest BCUT2D eigenvalue weighted by Gasteiger charge is 2.42. The van der Waals surface area contributed by atoms with Crippen molar-refractivity contribution < 1.29 is 19.0 Å². The minimum absolute atomic E-state index is 0.191. The molecule has 24 heavy (non-hydrogen) atoms. The number of rotatable bonds is 5. The zero-order chi connectivity index (χ0) is 16.8. The highest BCUT2D eigenvalue weighted by molar-refractivity contribution is 5.83. The van der Waals surface area contributed by atoms with Gasteiger partial charge in [-0.05, 0) is 36.1 Å². The number of hydrogen-bond acceptors (Lipinski definition) is 4. The van der Waals surface area contributed by atoms with Crippen molar-refractivity contribution in [3.05, 3.63) is 65.7 Å². The molecular weight excluding hydrogens is 304 g/mol. The normalized spacial score (nSPS) is 16.4. The molecule has 0 aliphatic carbocycles. The Bertz CT molecular complexity index is 658. The molecule has 1 aliphatic heterocycles. The summed E-state index contributed by atoms with van der Waals surface area (Å²) in [7, 11) is 1.44. The van der Waals surface area contributed by atoms with Gasteiger partial charge < -0.3 is 14.2 Å². The minimum atomic E-state index is -0.606. The SMILES string of the molecule is COC(=O)C1(c2ccc(OCc3ccccc3)cc2)CCOCC1. The molecule has 1 fully saturated rings. The van der Waals surface area contributed by atoms with Crippen LogP contribution in [0.5, 0.6) is 5.75 Å². The molecular formula is C20H22O4. The Balaban J connectivity index is 1.73. The van der Waals surface area contributed by atoms with Crippen LogP contribution >= 0.6 is 0 Å². The van der Waals surface area contributed by atoms with Crippen LogP contribution < -0.4 is 4.74 Å². The number of carbonyl (C=O) groups is 1. The minimum Gasteiger partial charge on any atom is -0.489 e. The van der Waals surface area contributed by atoms with Gasteiger partial charge in [0.1, 0.15) is 12.4 Å². The molecule has 4 nitrogen and oxygen atoms in total. The third kappa shape index (κ3) is 3.44. The summed E-state index contributed by atoms with van der Waals surface area (Å²) in [6.07, 6.45) is 1.29. The van der Waals surface area contributed by atoms with Gasteiger partial charge in [-0.1, -0.05) is 42.5 Å². The van der Waals surface area contributed by atoms with E-state index in [1.54, 1.807) is 0 Å². The molecule has 1 aliphatic rings. The van der Waals surface area contributed by atoms with Crippen LogP contribution in [0.3, 0.4) is 0 Å². The molecule has 2 aromatic rings. The lowest BCUT2D eigenvalue weighted by atomic mass is 9.74. The predicted octanol–water partition coefficient (Wildman–Crippen LogP) is 3.49. The number of ether oxygens (including phenoxy) is 3. The number of methoxy groups -OCH3 is 1. The van der Waals surface area contributed by atoms with Crippen LogP contribution in [0.25, 0.3) is 0 Å². The zero-order valence-corrected chi connectivity index (χ0v) is 13.9. The van der Waals surface area contributed by atoms with E-state index in [-0.39, 0.29) is 5.97 Å². The molecule has 0 saturated carbocycles. The largest absolute Gasteiger partial charge is 0.489 e. The van der Waals surface area contributed by atoms with E-state index in [0.29, 0.717) is 32.7 Å². The van der Waals surface area contributed by atoms with Gasteiger partial charge in [0.15, 0.2) is 0 Å². The average molecular weight is 326 g/mol. The van der Waals surface area contributed by atoms with Gasteiger partial charge in [0.05, 0.1) is 12.5 Å². The molecule has 0 aromatic heterocycles. The Morgan fingerprint density at radius 1 is 1.04 bits per heavy atom. The van der Waals surface area contributed by atoms with Crippen molar-refractivity contribution in [2.75, 3.05) is 20.3 Å². The molecule has 126 valence electrons. The third-order valence-corrected chi connectivity index (χ3v) is 4.58. The van der Waals surface area contributed by atoms with Gasteiger partial charge in [-0.2, -0.15) is 0 Å². The molecule has 2 aromatic carbocycles. The molecule has 1 saturated heterocycles. The topological polar surface area (TPSA) is 44.8 Å². The summed E-state index contributed by atoms with van der Waals surface area (Å²) in [5.41, 5.74) is 1.48. The van der Waals surface area contributed by atoms with Crippen LogP contribution in [0.2, 0.25) is 0 Å². The van der Waals surface area contributed by atoms with E-state index >= 15 is 0 Å². The average Bonchev–Trinajstić information content (AvgIpc) is 2.67. The number of carbonyl (C=O) groups excluding carboxylic acids is 1. The van der Waals surface area contributed by atoms with E-state index in [1.165, 1.54) is 7.11 Å². The molecule has 0 atom stereocenters. The number of hydrogen-bond donors (Lipinski definition) is 0. The van der Waals surface area contributed by atoms with Crippen LogP contribution in [-0.4, -0.2) is 26.3 Å².